The Bertz CT molecular complexity index is 1160. The lowest BCUT2D eigenvalue weighted by atomic mass is 10.1. The van der Waals surface area contributed by atoms with E-state index in [9.17, 15) is 21.6 Å². The van der Waals surface area contributed by atoms with Gasteiger partial charge in [-0.05, 0) is 44.5 Å². The van der Waals surface area contributed by atoms with Gasteiger partial charge >= 0.3 is 5.97 Å². The van der Waals surface area contributed by atoms with Crippen LogP contribution in [-0.4, -0.2) is 42.1 Å². The van der Waals surface area contributed by atoms with Gasteiger partial charge in [0.15, 0.2) is 6.10 Å². The number of rotatable bonds is 16. The van der Waals surface area contributed by atoms with Crippen molar-refractivity contribution in [2.24, 2.45) is 0 Å². The molecule has 200 valence electrons. The number of carbonyl (C=O) groups is 1. The topological polar surface area (TPSA) is 113 Å². The summed E-state index contributed by atoms with van der Waals surface area (Å²) < 4.78 is 65.9. The molecule has 8 nitrogen and oxygen atoms in total. The Morgan fingerprint density at radius 1 is 0.722 bits per heavy atom. The van der Waals surface area contributed by atoms with Gasteiger partial charge in [0, 0.05) is 6.42 Å². The summed E-state index contributed by atoms with van der Waals surface area (Å²) in [6.07, 6.45) is 4.07. The van der Waals surface area contributed by atoms with Crippen molar-refractivity contribution in [1.82, 2.24) is 0 Å². The highest BCUT2D eigenvalue weighted by molar-refractivity contribution is 7.87. The fraction of sp³-hybridized carbons (Fsp3) is 0.500. The molecule has 0 spiro atoms. The minimum atomic E-state index is -4.30. The van der Waals surface area contributed by atoms with Gasteiger partial charge in [-0.1, -0.05) is 74.4 Å². The molecule has 0 radical (unpaired) electrons. The molecule has 1 unspecified atom stereocenters. The fourth-order valence-electron chi connectivity index (χ4n) is 3.30. The van der Waals surface area contributed by atoms with Gasteiger partial charge in [0.25, 0.3) is 20.2 Å². The van der Waals surface area contributed by atoms with E-state index in [4.69, 9.17) is 13.1 Å². The third-order valence-corrected chi connectivity index (χ3v) is 8.15. The van der Waals surface area contributed by atoms with Crippen molar-refractivity contribution in [3.8, 4) is 0 Å². The molecule has 0 aliphatic carbocycles. The first-order valence-corrected chi connectivity index (χ1v) is 15.0. The van der Waals surface area contributed by atoms with Crippen LogP contribution in [0.25, 0.3) is 0 Å². The summed E-state index contributed by atoms with van der Waals surface area (Å²) in [6, 6.07) is 12.1. The Morgan fingerprint density at radius 2 is 1.22 bits per heavy atom. The maximum Gasteiger partial charge on any atom is 0.336 e. The first-order valence-electron chi connectivity index (χ1n) is 12.2. The van der Waals surface area contributed by atoms with E-state index in [1.807, 2.05) is 13.8 Å². The highest BCUT2D eigenvalue weighted by Gasteiger charge is 2.29. The molecule has 0 aliphatic rings. The summed E-state index contributed by atoms with van der Waals surface area (Å²) in [5.41, 5.74) is 1.75. The maximum atomic E-state index is 12.8. The van der Waals surface area contributed by atoms with Gasteiger partial charge in [-0.25, -0.2) is 4.79 Å². The number of esters is 1. The number of unbranched alkanes of at least 4 members (excludes halogenated alkanes) is 5. The molecule has 36 heavy (non-hydrogen) atoms. The Kier molecular flexibility index (Phi) is 12.0. The zero-order valence-corrected chi connectivity index (χ0v) is 22.8. The smallest absolute Gasteiger partial charge is 0.336 e. The second-order valence-corrected chi connectivity index (χ2v) is 11.9. The van der Waals surface area contributed by atoms with E-state index in [1.54, 1.807) is 24.3 Å². The number of ether oxygens (including phenoxy) is 1. The van der Waals surface area contributed by atoms with Crippen molar-refractivity contribution >= 4 is 26.2 Å². The maximum absolute atomic E-state index is 12.8. The zero-order chi connectivity index (χ0) is 26.6. The van der Waals surface area contributed by atoms with Gasteiger partial charge in [-0.2, -0.15) is 16.8 Å². The van der Waals surface area contributed by atoms with Crippen LogP contribution in [0.15, 0.2) is 58.3 Å². The van der Waals surface area contributed by atoms with Gasteiger partial charge in [0.2, 0.25) is 0 Å². The zero-order valence-electron chi connectivity index (χ0n) is 21.1. The van der Waals surface area contributed by atoms with Crippen LogP contribution >= 0.6 is 0 Å². The SMILES string of the molecule is CCCCCCCCOC(=O)C(CCOS(=O)(=O)c1ccc(C)cc1)OS(=O)(=O)c1ccc(C)cc1. The van der Waals surface area contributed by atoms with Gasteiger partial charge in [0.05, 0.1) is 23.0 Å². The summed E-state index contributed by atoms with van der Waals surface area (Å²) in [5.74, 6) is -0.879. The Balaban J connectivity index is 2.03. The normalized spacial score (nSPS) is 12.9. The van der Waals surface area contributed by atoms with Crippen molar-refractivity contribution in [2.45, 2.75) is 81.6 Å². The fourth-order valence-corrected chi connectivity index (χ4v) is 5.29. The van der Waals surface area contributed by atoms with Crippen LogP contribution in [0.4, 0.5) is 0 Å². The Hall–Kier alpha value is -2.27. The number of carbonyl (C=O) groups excluding carboxylic acids is 1. The second kappa shape index (κ2) is 14.5. The van der Waals surface area contributed by atoms with Crippen LogP contribution < -0.4 is 0 Å². The summed E-state index contributed by atoms with van der Waals surface area (Å²) in [5, 5.41) is 0. The molecule has 0 saturated heterocycles. The van der Waals surface area contributed by atoms with Crippen molar-refractivity contribution < 1.29 is 34.7 Å². The first kappa shape index (κ1) is 30.0. The van der Waals surface area contributed by atoms with Crippen molar-refractivity contribution in [1.29, 1.82) is 0 Å². The number of hydrogen-bond donors (Lipinski definition) is 0. The molecule has 0 amide bonds. The molecule has 1 atom stereocenters. The van der Waals surface area contributed by atoms with E-state index in [0.29, 0.717) is 6.42 Å². The average Bonchev–Trinajstić information content (AvgIpc) is 2.83. The molecule has 0 bridgehead atoms. The molecule has 0 saturated carbocycles. The summed E-state index contributed by atoms with van der Waals surface area (Å²) in [4.78, 5) is 12.5. The van der Waals surface area contributed by atoms with E-state index in [2.05, 4.69) is 6.92 Å². The largest absolute Gasteiger partial charge is 0.464 e. The van der Waals surface area contributed by atoms with Crippen molar-refractivity contribution in [2.75, 3.05) is 13.2 Å². The molecule has 0 heterocycles. The van der Waals surface area contributed by atoms with Crippen LogP contribution in [0.1, 0.15) is 63.0 Å². The number of aryl methyl sites for hydroxylation is 2. The van der Waals surface area contributed by atoms with E-state index in [1.165, 1.54) is 24.3 Å². The lowest BCUT2D eigenvalue weighted by Gasteiger charge is -2.17. The molecular weight excluding hydrogens is 504 g/mol. The minimum Gasteiger partial charge on any atom is -0.464 e. The molecule has 2 aromatic rings. The molecule has 2 aromatic carbocycles. The Labute approximate surface area is 215 Å². The third-order valence-electron chi connectivity index (χ3n) is 5.49. The predicted octanol–water partition coefficient (Wildman–Crippen LogP) is 5.08. The van der Waals surface area contributed by atoms with Gasteiger partial charge in [0.1, 0.15) is 0 Å². The van der Waals surface area contributed by atoms with Gasteiger partial charge in [-0.15, -0.1) is 0 Å². The van der Waals surface area contributed by atoms with Crippen LogP contribution in [0.2, 0.25) is 0 Å². The van der Waals surface area contributed by atoms with E-state index >= 15 is 0 Å². The highest BCUT2D eigenvalue weighted by atomic mass is 32.2. The van der Waals surface area contributed by atoms with Crippen LogP contribution in [0.5, 0.6) is 0 Å². The average molecular weight is 541 g/mol. The van der Waals surface area contributed by atoms with Gasteiger partial charge in [-0.3, -0.25) is 8.37 Å². The lowest BCUT2D eigenvalue weighted by Crippen LogP contribution is -2.31. The van der Waals surface area contributed by atoms with Crippen LogP contribution in [0, 0.1) is 13.8 Å². The van der Waals surface area contributed by atoms with E-state index in [-0.39, 0.29) is 22.8 Å². The molecule has 2 rings (SSSR count). The summed E-state index contributed by atoms with van der Waals surface area (Å²) >= 11 is 0. The number of benzene rings is 2. The van der Waals surface area contributed by atoms with Crippen LogP contribution in [0.3, 0.4) is 0 Å². The third kappa shape index (κ3) is 10.0. The lowest BCUT2D eigenvalue weighted by molar-refractivity contribution is -0.152. The monoisotopic (exact) mass is 540 g/mol. The van der Waals surface area contributed by atoms with Crippen molar-refractivity contribution in [3.63, 3.8) is 0 Å². The summed E-state index contributed by atoms with van der Waals surface area (Å²) in [7, 11) is -8.38. The Morgan fingerprint density at radius 3 is 1.78 bits per heavy atom. The standard InChI is InChI=1S/C26H36O8S2/c1-4-5-6-7-8-9-19-32-26(27)25(34-36(30,31)24-16-12-22(3)13-17-24)18-20-33-35(28,29)23-14-10-21(2)11-15-23/h10-17,25H,4-9,18-20H2,1-3H3. The molecule has 0 aromatic heterocycles. The molecule has 0 fully saturated rings. The molecule has 0 aliphatic heterocycles. The van der Waals surface area contributed by atoms with Crippen LogP contribution in [-0.2, 0) is 38.1 Å². The number of hydrogen-bond acceptors (Lipinski definition) is 8. The first-order chi connectivity index (χ1) is 17.0. The molecule has 0 N–H and O–H groups in total. The summed E-state index contributed by atoms with van der Waals surface area (Å²) in [6.45, 7) is 5.42. The van der Waals surface area contributed by atoms with E-state index < -0.39 is 38.9 Å². The molecular formula is C26H36O8S2. The second-order valence-electron chi connectivity index (χ2n) is 8.67. The van der Waals surface area contributed by atoms with E-state index in [0.717, 1.165) is 43.2 Å². The quantitative estimate of drug-likeness (QED) is 0.165. The minimum absolute atomic E-state index is 0.0384. The molecule has 10 heteroatoms. The van der Waals surface area contributed by atoms with Crippen molar-refractivity contribution in [3.05, 3.63) is 59.7 Å². The van der Waals surface area contributed by atoms with Gasteiger partial charge < -0.3 is 4.74 Å². The highest BCUT2D eigenvalue weighted by Crippen LogP contribution is 2.19. The predicted molar refractivity (Wildman–Crippen MR) is 137 cm³/mol.